The highest BCUT2D eigenvalue weighted by Gasteiger charge is 2.28. The molecule has 3 aromatic rings. The van der Waals surface area contributed by atoms with Gasteiger partial charge >= 0.3 is 11.9 Å². The Kier molecular flexibility index (Phi) is 13.1. The van der Waals surface area contributed by atoms with Crippen molar-refractivity contribution < 1.29 is 38.3 Å². The highest BCUT2D eigenvalue weighted by molar-refractivity contribution is 5.97. The quantitative estimate of drug-likeness (QED) is 0.0588. The van der Waals surface area contributed by atoms with Crippen LogP contribution in [0.25, 0.3) is 0 Å². The van der Waals surface area contributed by atoms with Crippen LogP contribution in [0.3, 0.4) is 0 Å². The van der Waals surface area contributed by atoms with E-state index in [1.807, 2.05) is 0 Å². The molecule has 0 radical (unpaired) electrons. The number of nitrogens with one attached hydrogen (secondary N) is 1. The maximum absolute atomic E-state index is 13.1. The lowest BCUT2D eigenvalue weighted by molar-refractivity contribution is -0.384. The molecular formula is C35H42N2O9. The van der Waals surface area contributed by atoms with E-state index in [1.165, 1.54) is 50.6 Å². The maximum atomic E-state index is 13.1. The topological polar surface area (TPSA) is 143 Å². The molecule has 0 saturated heterocycles. The summed E-state index contributed by atoms with van der Waals surface area (Å²) in [5, 5.41) is 13.6. The van der Waals surface area contributed by atoms with Crippen LogP contribution in [0.2, 0.25) is 0 Å². The fraction of sp³-hybridized carbons (Fsp3) is 0.400. The van der Waals surface area contributed by atoms with Gasteiger partial charge in [-0.1, -0.05) is 38.7 Å². The first-order valence-electron chi connectivity index (χ1n) is 15.3. The van der Waals surface area contributed by atoms with Crippen LogP contribution >= 0.6 is 0 Å². The third kappa shape index (κ3) is 11.2. The van der Waals surface area contributed by atoms with Gasteiger partial charge in [0.15, 0.2) is 11.5 Å². The Hall–Kier alpha value is -4.93. The van der Waals surface area contributed by atoms with Crippen LogP contribution in [-0.4, -0.2) is 48.1 Å². The average Bonchev–Trinajstić information content (AvgIpc) is 3.02. The minimum Gasteiger partial charge on any atom is -0.494 e. The molecule has 1 unspecified atom stereocenters. The molecule has 11 heteroatoms. The zero-order chi connectivity index (χ0) is 33.7. The molecule has 0 heterocycles. The fourth-order valence-electron chi connectivity index (χ4n) is 4.44. The van der Waals surface area contributed by atoms with Crippen molar-refractivity contribution in [3.8, 4) is 17.2 Å². The SMILES string of the molecule is CCCCCCCOc1ccc(C(=O)Oc2ccc(CC(NC(=O)c3ccc([N+](=O)[O-])cc3)C(=O)OC(C)(C)C)cc2OC)cc1. The second kappa shape index (κ2) is 17.0. The Morgan fingerprint density at radius 3 is 2.13 bits per heavy atom. The van der Waals surface area contributed by atoms with Crippen LogP contribution in [0.4, 0.5) is 5.69 Å². The molecule has 1 atom stereocenters. The molecule has 0 aliphatic carbocycles. The van der Waals surface area contributed by atoms with E-state index in [2.05, 4.69) is 12.2 Å². The molecule has 0 aliphatic heterocycles. The number of hydrogen-bond donors (Lipinski definition) is 1. The Morgan fingerprint density at radius 1 is 0.870 bits per heavy atom. The predicted molar refractivity (Wildman–Crippen MR) is 173 cm³/mol. The van der Waals surface area contributed by atoms with E-state index in [4.69, 9.17) is 18.9 Å². The zero-order valence-electron chi connectivity index (χ0n) is 27.0. The summed E-state index contributed by atoms with van der Waals surface area (Å²) in [5.41, 5.74) is 0.0820. The molecule has 3 aromatic carbocycles. The molecule has 0 aromatic heterocycles. The van der Waals surface area contributed by atoms with Crippen LogP contribution in [0.15, 0.2) is 66.7 Å². The van der Waals surface area contributed by atoms with Crippen LogP contribution in [0, 0.1) is 10.1 Å². The van der Waals surface area contributed by atoms with E-state index in [9.17, 15) is 24.5 Å². The summed E-state index contributed by atoms with van der Waals surface area (Å²) in [6.45, 7) is 7.93. The summed E-state index contributed by atoms with van der Waals surface area (Å²) >= 11 is 0. The highest BCUT2D eigenvalue weighted by atomic mass is 16.6. The number of unbranched alkanes of at least 4 members (excludes halogenated alkanes) is 4. The highest BCUT2D eigenvalue weighted by Crippen LogP contribution is 2.30. The molecule has 46 heavy (non-hydrogen) atoms. The number of methoxy groups -OCH3 is 1. The number of ether oxygens (including phenoxy) is 4. The van der Waals surface area contributed by atoms with Gasteiger partial charge in [-0.05, 0) is 81.3 Å². The van der Waals surface area contributed by atoms with E-state index < -0.39 is 34.4 Å². The molecule has 0 saturated carbocycles. The number of carbonyl (C=O) groups is 3. The van der Waals surface area contributed by atoms with Gasteiger partial charge in [0.05, 0.1) is 24.2 Å². The zero-order valence-corrected chi connectivity index (χ0v) is 27.0. The van der Waals surface area contributed by atoms with Crippen LogP contribution < -0.4 is 19.5 Å². The summed E-state index contributed by atoms with van der Waals surface area (Å²) in [4.78, 5) is 49.4. The second-order valence-corrected chi connectivity index (χ2v) is 11.7. The van der Waals surface area contributed by atoms with E-state index in [0.29, 0.717) is 23.5 Å². The number of nitro groups is 1. The van der Waals surface area contributed by atoms with Crippen molar-refractivity contribution in [3.63, 3.8) is 0 Å². The van der Waals surface area contributed by atoms with Crippen molar-refractivity contribution in [1.82, 2.24) is 5.32 Å². The van der Waals surface area contributed by atoms with Gasteiger partial charge in [0, 0.05) is 24.1 Å². The third-order valence-electron chi connectivity index (χ3n) is 6.81. The summed E-state index contributed by atoms with van der Waals surface area (Å²) in [6.07, 6.45) is 5.73. The normalized spacial score (nSPS) is 11.7. The standard InChI is InChI=1S/C35H42N2O9/c1-6-7-8-9-10-21-44-28-18-14-26(15-19-28)33(39)45-30-20-11-24(23-31(30)43-5)22-29(34(40)46-35(2,3)4)36-32(38)25-12-16-27(17-13-25)37(41)42/h11-20,23,29H,6-10,21-22H2,1-5H3,(H,36,38). The average molecular weight is 635 g/mol. The monoisotopic (exact) mass is 634 g/mol. The molecule has 246 valence electrons. The number of amides is 1. The molecule has 0 bridgehead atoms. The first-order valence-corrected chi connectivity index (χ1v) is 15.3. The van der Waals surface area contributed by atoms with Crippen molar-refractivity contribution in [1.29, 1.82) is 0 Å². The summed E-state index contributed by atoms with van der Waals surface area (Å²) in [6, 6.07) is 15.5. The van der Waals surface area contributed by atoms with E-state index in [1.54, 1.807) is 63.2 Å². The molecule has 0 aliphatic rings. The van der Waals surface area contributed by atoms with Crippen LogP contribution in [-0.2, 0) is 16.0 Å². The van der Waals surface area contributed by atoms with Crippen LogP contribution in [0.1, 0.15) is 86.1 Å². The fourth-order valence-corrected chi connectivity index (χ4v) is 4.44. The lowest BCUT2D eigenvalue weighted by Crippen LogP contribution is -2.45. The van der Waals surface area contributed by atoms with E-state index in [-0.39, 0.29) is 29.2 Å². The number of esters is 2. The number of hydrogen-bond acceptors (Lipinski definition) is 9. The van der Waals surface area contributed by atoms with Crippen molar-refractivity contribution >= 4 is 23.5 Å². The summed E-state index contributed by atoms with van der Waals surface area (Å²) in [5.74, 6) is -0.757. The van der Waals surface area contributed by atoms with Gasteiger partial charge in [-0.2, -0.15) is 0 Å². The van der Waals surface area contributed by atoms with E-state index in [0.717, 1.165) is 12.8 Å². The van der Waals surface area contributed by atoms with Gasteiger partial charge in [-0.3, -0.25) is 14.9 Å². The summed E-state index contributed by atoms with van der Waals surface area (Å²) < 4.78 is 22.4. The number of nitro benzene ring substituents is 1. The van der Waals surface area contributed by atoms with Crippen molar-refractivity contribution in [3.05, 3.63) is 93.5 Å². The first kappa shape index (κ1) is 35.5. The molecule has 3 rings (SSSR count). The minimum absolute atomic E-state index is 0.0261. The lowest BCUT2D eigenvalue weighted by atomic mass is 10.0. The molecule has 11 nitrogen and oxygen atoms in total. The first-order chi connectivity index (χ1) is 21.9. The van der Waals surface area contributed by atoms with Gasteiger partial charge < -0.3 is 24.3 Å². The predicted octanol–water partition coefficient (Wildman–Crippen LogP) is 6.85. The van der Waals surface area contributed by atoms with Crippen molar-refractivity contribution in [2.75, 3.05) is 13.7 Å². The third-order valence-corrected chi connectivity index (χ3v) is 6.81. The number of non-ortho nitro benzene ring substituents is 1. The van der Waals surface area contributed by atoms with Gasteiger partial charge in [0.1, 0.15) is 17.4 Å². The lowest BCUT2D eigenvalue weighted by Gasteiger charge is -2.25. The minimum atomic E-state index is -1.10. The van der Waals surface area contributed by atoms with Crippen molar-refractivity contribution in [2.45, 2.75) is 77.9 Å². The van der Waals surface area contributed by atoms with Gasteiger partial charge in [-0.15, -0.1) is 0 Å². The van der Waals surface area contributed by atoms with E-state index >= 15 is 0 Å². The number of benzene rings is 3. The molecular weight excluding hydrogens is 592 g/mol. The maximum Gasteiger partial charge on any atom is 0.343 e. The largest absolute Gasteiger partial charge is 0.494 e. The number of carbonyl (C=O) groups excluding carboxylic acids is 3. The number of nitrogens with zero attached hydrogens (tertiary/aromatic N) is 1. The number of rotatable bonds is 16. The molecule has 1 N–H and O–H groups in total. The van der Waals surface area contributed by atoms with Gasteiger partial charge in [0.2, 0.25) is 0 Å². The Bertz CT molecular complexity index is 1480. The summed E-state index contributed by atoms with van der Waals surface area (Å²) in [7, 11) is 1.42. The Labute approximate surface area is 269 Å². The van der Waals surface area contributed by atoms with Crippen molar-refractivity contribution in [2.24, 2.45) is 0 Å². The molecule has 0 spiro atoms. The Morgan fingerprint density at radius 2 is 1.52 bits per heavy atom. The van der Waals surface area contributed by atoms with Gasteiger partial charge in [-0.25, -0.2) is 9.59 Å². The smallest absolute Gasteiger partial charge is 0.343 e. The van der Waals surface area contributed by atoms with Crippen LogP contribution in [0.5, 0.6) is 17.2 Å². The molecule has 0 fully saturated rings. The van der Waals surface area contributed by atoms with Gasteiger partial charge in [0.25, 0.3) is 11.6 Å². The Balaban J connectivity index is 1.69. The second-order valence-electron chi connectivity index (χ2n) is 11.7. The molecule has 1 amide bonds.